The van der Waals surface area contributed by atoms with Crippen LogP contribution in [0.1, 0.15) is 38.2 Å². The van der Waals surface area contributed by atoms with Crippen molar-refractivity contribution in [3.8, 4) is 0 Å². The second-order valence-electron chi connectivity index (χ2n) is 6.54. The number of hydrogen-bond acceptors (Lipinski definition) is 4. The Balaban J connectivity index is 1.96. The van der Waals surface area contributed by atoms with Gasteiger partial charge >= 0.3 is 7.12 Å². The molecule has 1 fully saturated rings. The summed E-state index contributed by atoms with van der Waals surface area (Å²) in [5.41, 5.74) is 1.31. The van der Waals surface area contributed by atoms with Gasteiger partial charge in [-0.25, -0.2) is 0 Å². The summed E-state index contributed by atoms with van der Waals surface area (Å²) in [4.78, 5) is 11.8. The molecule has 0 aliphatic carbocycles. The number of carbonyl (C=O) groups is 1. The maximum Gasteiger partial charge on any atom is 0.494 e. The van der Waals surface area contributed by atoms with Crippen molar-refractivity contribution >= 4 is 29.4 Å². The molecule has 2 N–H and O–H groups in total. The third-order valence-electron chi connectivity index (χ3n) is 4.55. The molecule has 0 spiro atoms. The topological polar surface area (TPSA) is 76.2 Å². The van der Waals surface area contributed by atoms with Crippen LogP contribution in [0.3, 0.4) is 0 Å². The van der Waals surface area contributed by atoms with Gasteiger partial charge in [-0.1, -0.05) is 12.1 Å². The van der Waals surface area contributed by atoms with Crippen LogP contribution >= 0.6 is 0 Å². The average molecular weight is 301 g/mol. The van der Waals surface area contributed by atoms with Crippen molar-refractivity contribution in [3.05, 3.63) is 23.9 Å². The first-order valence-corrected chi connectivity index (χ1v) is 7.31. The van der Waals surface area contributed by atoms with Crippen LogP contribution < -0.4 is 10.8 Å². The minimum Gasteiger partial charge on any atom is -0.399 e. The Kier molecular flexibility index (Phi) is 3.30. The smallest absolute Gasteiger partial charge is 0.399 e. The molecule has 2 heterocycles. The SMILES string of the molecule is CNC(=O)c1n[nH]c2cc(B3OC(C)(C)C(C)(C)O3)ccc12. The van der Waals surface area contributed by atoms with E-state index in [0.717, 1.165) is 16.4 Å². The van der Waals surface area contributed by atoms with E-state index in [9.17, 15) is 4.79 Å². The monoisotopic (exact) mass is 301 g/mol. The summed E-state index contributed by atoms with van der Waals surface area (Å²) >= 11 is 0. The molecule has 22 heavy (non-hydrogen) atoms. The quantitative estimate of drug-likeness (QED) is 0.818. The van der Waals surface area contributed by atoms with Gasteiger partial charge in [-0.2, -0.15) is 5.10 Å². The molecule has 0 bridgehead atoms. The largest absolute Gasteiger partial charge is 0.494 e. The number of H-pyrrole nitrogens is 1. The van der Waals surface area contributed by atoms with Crippen LogP contribution in [0.4, 0.5) is 0 Å². The summed E-state index contributed by atoms with van der Waals surface area (Å²) < 4.78 is 12.1. The van der Waals surface area contributed by atoms with Crippen LogP contribution in [0.5, 0.6) is 0 Å². The van der Waals surface area contributed by atoms with Crippen LogP contribution in [0.2, 0.25) is 0 Å². The number of benzene rings is 1. The number of aromatic amines is 1. The van der Waals surface area contributed by atoms with Crippen LogP contribution in [0, 0.1) is 0 Å². The molecule has 1 amide bonds. The summed E-state index contributed by atoms with van der Waals surface area (Å²) in [6, 6.07) is 5.69. The van der Waals surface area contributed by atoms with E-state index >= 15 is 0 Å². The van der Waals surface area contributed by atoms with Crippen molar-refractivity contribution in [1.29, 1.82) is 0 Å². The normalized spacial score (nSPS) is 19.6. The summed E-state index contributed by atoms with van der Waals surface area (Å²) in [7, 11) is 1.16. The van der Waals surface area contributed by atoms with E-state index in [-0.39, 0.29) is 17.1 Å². The van der Waals surface area contributed by atoms with Gasteiger partial charge < -0.3 is 14.6 Å². The van der Waals surface area contributed by atoms with Gasteiger partial charge in [0.15, 0.2) is 5.69 Å². The van der Waals surface area contributed by atoms with E-state index in [2.05, 4.69) is 15.5 Å². The molecule has 0 saturated carbocycles. The number of amides is 1. The van der Waals surface area contributed by atoms with Gasteiger partial charge in [-0.05, 0) is 39.2 Å². The number of nitrogens with zero attached hydrogens (tertiary/aromatic N) is 1. The van der Waals surface area contributed by atoms with Gasteiger partial charge in [0, 0.05) is 12.4 Å². The van der Waals surface area contributed by atoms with Gasteiger partial charge in [-0.3, -0.25) is 9.89 Å². The molecule has 1 aromatic carbocycles. The van der Waals surface area contributed by atoms with Crippen molar-refractivity contribution in [1.82, 2.24) is 15.5 Å². The van der Waals surface area contributed by atoms with E-state index < -0.39 is 7.12 Å². The predicted octanol–water partition coefficient (Wildman–Crippen LogP) is 1.22. The highest BCUT2D eigenvalue weighted by atomic mass is 16.7. The Morgan fingerprint density at radius 2 is 1.86 bits per heavy atom. The molecule has 0 radical (unpaired) electrons. The van der Waals surface area contributed by atoms with Crippen molar-refractivity contribution in [2.24, 2.45) is 0 Å². The fourth-order valence-corrected chi connectivity index (χ4v) is 2.45. The second kappa shape index (κ2) is 4.82. The van der Waals surface area contributed by atoms with E-state index in [0.29, 0.717) is 5.69 Å². The Morgan fingerprint density at radius 1 is 1.23 bits per heavy atom. The van der Waals surface area contributed by atoms with Gasteiger partial charge in [0.05, 0.1) is 16.7 Å². The molecular weight excluding hydrogens is 281 g/mol. The minimum absolute atomic E-state index is 0.213. The maximum absolute atomic E-state index is 11.8. The molecule has 1 aromatic heterocycles. The van der Waals surface area contributed by atoms with E-state index in [1.54, 1.807) is 7.05 Å². The van der Waals surface area contributed by atoms with E-state index in [1.165, 1.54) is 0 Å². The first kappa shape index (κ1) is 15.1. The average Bonchev–Trinajstić information content (AvgIpc) is 2.96. The van der Waals surface area contributed by atoms with Crippen LogP contribution in [0.15, 0.2) is 18.2 Å². The van der Waals surface area contributed by atoms with Crippen molar-refractivity contribution in [3.63, 3.8) is 0 Å². The van der Waals surface area contributed by atoms with Gasteiger partial charge in [0.25, 0.3) is 5.91 Å². The highest BCUT2D eigenvalue weighted by Crippen LogP contribution is 2.36. The second-order valence-corrected chi connectivity index (χ2v) is 6.54. The number of nitrogens with one attached hydrogen (secondary N) is 2. The van der Waals surface area contributed by atoms with Crippen LogP contribution in [-0.2, 0) is 9.31 Å². The number of carbonyl (C=O) groups excluding carboxylic acids is 1. The molecule has 0 atom stereocenters. The zero-order valence-electron chi connectivity index (χ0n) is 13.5. The molecule has 1 saturated heterocycles. The standard InChI is InChI=1S/C15H20BN3O3/c1-14(2)15(3,4)22-16(21-14)9-6-7-10-11(8-9)18-19-12(10)13(20)17-5/h6-8H,1-5H3,(H,17,20)(H,18,19). The maximum atomic E-state index is 11.8. The Morgan fingerprint density at radius 3 is 2.45 bits per heavy atom. The first-order valence-electron chi connectivity index (χ1n) is 7.31. The molecule has 1 aliphatic heterocycles. The van der Waals surface area contributed by atoms with Gasteiger partial charge in [-0.15, -0.1) is 0 Å². The zero-order valence-corrected chi connectivity index (χ0v) is 13.5. The zero-order chi connectivity index (χ0) is 16.1. The van der Waals surface area contributed by atoms with E-state index in [1.807, 2.05) is 45.9 Å². The lowest BCUT2D eigenvalue weighted by Crippen LogP contribution is -2.41. The first-order chi connectivity index (χ1) is 10.2. The molecule has 3 rings (SSSR count). The van der Waals surface area contributed by atoms with E-state index in [4.69, 9.17) is 9.31 Å². The highest BCUT2D eigenvalue weighted by molar-refractivity contribution is 6.62. The lowest BCUT2D eigenvalue weighted by Gasteiger charge is -2.32. The lowest BCUT2D eigenvalue weighted by atomic mass is 9.79. The molecule has 0 unspecified atom stereocenters. The number of rotatable bonds is 2. The molecule has 7 heteroatoms. The third-order valence-corrected chi connectivity index (χ3v) is 4.55. The molecule has 116 valence electrons. The fourth-order valence-electron chi connectivity index (χ4n) is 2.45. The number of fused-ring (bicyclic) bond motifs is 1. The summed E-state index contributed by atoms with van der Waals surface area (Å²) in [5, 5.41) is 10.3. The minimum atomic E-state index is -0.429. The Bertz CT molecular complexity index is 723. The molecular formula is C15H20BN3O3. The summed E-state index contributed by atoms with van der Waals surface area (Å²) in [6.07, 6.45) is 0. The molecule has 2 aromatic rings. The molecule has 1 aliphatic rings. The third kappa shape index (κ3) is 2.21. The highest BCUT2D eigenvalue weighted by Gasteiger charge is 2.51. The van der Waals surface area contributed by atoms with Crippen molar-refractivity contribution in [2.75, 3.05) is 7.05 Å². The van der Waals surface area contributed by atoms with Gasteiger partial charge in [0.2, 0.25) is 0 Å². The summed E-state index contributed by atoms with van der Waals surface area (Å²) in [6.45, 7) is 8.08. The van der Waals surface area contributed by atoms with Crippen LogP contribution in [0.25, 0.3) is 10.9 Å². The fraction of sp³-hybridized carbons (Fsp3) is 0.467. The molecule has 6 nitrogen and oxygen atoms in total. The summed E-state index contributed by atoms with van der Waals surface area (Å²) in [5.74, 6) is -0.213. The van der Waals surface area contributed by atoms with Gasteiger partial charge in [0.1, 0.15) is 0 Å². The Labute approximate surface area is 129 Å². The number of hydrogen-bond donors (Lipinski definition) is 2. The number of aromatic nitrogens is 2. The predicted molar refractivity (Wildman–Crippen MR) is 85.2 cm³/mol. The lowest BCUT2D eigenvalue weighted by molar-refractivity contribution is 0.00578. The Hall–Kier alpha value is -1.86. The van der Waals surface area contributed by atoms with Crippen molar-refractivity contribution < 1.29 is 14.1 Å². The van der Waals surface area contributed by atoms with Crippen molar-refractivity contribution in [2.45, 2.75) is 38.9 Å². The van der Waals surface area contributed by atoms with Crippen LogP contribution in [-0.4, -0.2) is 41.5 Å².